The molecule has 26 heavy (non-hydrogen) atoms. The van der Waals surface area contributed by atoms with Gasteiger partial charge in [-0.25, -0.2) is 0 Å². The zero-order chi connectivity index (χ0) is 19.3. The molecule has 2 rings (SSSR count). The summed E-state index contributed by atoms with van der Waals surface area (Å²) < 4.78 is 41.6. The quantitative estimate of drug-likeness (QED) is 0.563. The van der Waals surface area contributed by atoms with E-state index in [0.717, 1.165) is 15.6 Å². The van der Waals surface area contributed by atoms with Crippen molar-refractivity contribution >= 4 is 26.0 Å². The smallest absolute Gasteiger partial charge is 0.296 e. The van der Waals surface area contributed by atoms with Gasteiger partial charge < -0.3 is 9.47 Å². The molecule has 5 nitrogen and oxygen atoms in total. The minimum atomic E-state index is -3.77. The molecule has 0 N–H and O–H groups in total. The lowest BCUT2D eigenvalue weighted by atomic mass is 10.1. The van der Waals surface area contributed by atoms with E-state index < -0.39 is 10.1 Å². The van der Waals surface area contributed by atoms with E-state index in [1.54, 1.807) is 31.4 Å². The van der Waals surface area contributed by atoms with E-state index in [1.165, 1.54) is 0 Å². The van der Waals surface area contributed by atoms with Gasteiger partial charge in [-0.05, 0) is 57.0 Å². The third-order valence-corrected chi connectivity index (χ3v) is 5.68. The van der Waals surface area contributed by atoms with E-state index >= 15 is 0 Å². The summed E-state index contributed by atoms with van der Waals surface area (Å²) in [6.07, 6.45) is 0.403. The van der Waals surface area contributed by atoms with Crippen LogP contribution in [0.3, 0.4) is 0 Å². The summed E-state index contributed by atoms with van der Waals surface area (Å²) in [4.78, 5) is 0.153. The van der Waals surface area contributed by atoms with Gasteiger partial charge in [-0.2, -0.15) is 8.42 Å². The molecule has 0 amide bonds. The van der Waals surface area contributed by atoms with Gasteiger partial charge in [0.1, 0.15) is 0 Å². The third kappa shape index (κ3) is 5.46. The fraction of sp³-hybridized carbons (Fsp3) is 0.368. The van der Waals surface area contributed by atoms with Crippen LogP contribution in [-0.2, 0) is 20.7 Å². The fourth-order valence-corrected chi connectivity index (χ4v) is 3.74. The van der Waals surface area contributed by atoms with E-state index in [1.807, 2.05) is 32.9 Å². The molecular formula is C19H23BrO5S. The average molecular weight is 443 g/mol. The van der Waals surface area contributed by atoms with Crippen molar-refractivity contribution in [3.8, 4) is 11.5 Å². The van der Waals surface area contributed by atoms with Crippen LogP contribution in [0.4, 0.5) is 0 Å². The molecule has 0 aliphatic heterocycles. The summed E-state index contributed by atoms with van der Waals surface area (Å²) >= 11 is 3.48. The number of hydrogen-bond donors (Lipinski definition) is 0. The first-order chi connectivity index (χ1) is 12.2. The average Bonchev–Trinajstić information content (AvgIpc) is 2.57. The van der Waals surface area contributed by atoms with E-state index in [0.29, 0.717) is 17.9 Å². The molecule has 2 aromatic carbocycles. The molecule has 0 atom stereocenters. The van der Waals surface area contributed by atoms with E-state index in [-0.39, 0.29) is 17.6 Å². The van der Waals surface area contributed by atoms with Gasteiger partial charge in [-0.1, -0.05) is 33.6 Å². The van der Waals surface area contributed by atoms with Crippen molar-refractivity contribution in [2.75, 3.05) is 13.7 Å². The standard InChI is InChI=1S/C19H23BrO5S/c1-13(2)25-19-11-15(17(20)12-18(19)23-4)9-10-24-26(21,22)16-7-5-14(3)6-8-16/h5-8,11-13H,9-10H2,1-4H3. The van der Waals surface area contributed by atoms with Crippen molar-refractivity contribution < 1.29 is 22.1 Å². The highest BCUT2D eigenvalue weighted by Gasteiger charge is 2.16. The van der Waals surface area contributed by atoms with Crippen LogP contribution < -0.4 is 9.47 Å². The van der Waals surface area contributed by atoms with Crippen LogP contribution in [-0.4, -0.2) is 28.2 Å². The maximum atomic E-state index is 12.3. The second-order valence-electron chi connectivity index (χ2n) is 6.10. The van der Waals surface area contributed by atoms with Crippen LogP contribution >= 0.6 is 15.9 Å². The Bertz CT molecular complexity index is 845. The highest BCUT2D eigenvalue weighted by Crippen LogP contribution is 2.34. The highest BCUT2D eigenvalue weighted by molar-refractivity contribution is 9.10. The number of benzene rings is 2. The van der Waals surface area contributed by atoms with Gasteiger partial charge >= 0.3 is 0 Å². The first-order valence-electron chi connectivity index (χ1n) is 8.22. The summed E-state index contributed by atoms with van der Waals surface area (Å²) in [5.74, 6) is 1.23. The normalized spacial score (nSPS) is 11.6. The van der Waals surface area contributed by atoms with Gasteiger partial charge in [-0.3, -0.25) is 4.18 Å². The number of aryl methyl sites for hydroxylation is 1. The zero-order valence-electron chi connectivity index (χ0n) is 15.3. The molecule has 0 unspecified atom stereocenters. The Kier molecular flexibility index (Phi) is 7.08. The monoisotopic (exact) mass is 442 g/mol. The van der Waals surface area contributed by atoms with Crippen molar-refractivity contribution in [1.29, 1.82) is 0 Å². The number of methoxy groups -OCH3 is 1. The Morgan fingerprint density at radius 2 is 1.73 bits per heavy atom. The second-order valence-corrected chi connectivity index (χ2v) is 8.57. The van der Waals surface area contributed by atoms with Gasteiger partial charge in [0, 0.05) is 4.47 Å². The summed E-state index contributed by atoms with van der Waals surface area (Å²) in [7, 11) is -2.20. The first-order valence-corrected chi connectivity index (χ1v) is 10.4. The first kappa shape index (κ1) is 20.7. The van der Waals surface area contributed by atoms with E-state index in [2.05, 4.69) is 15.9 Å². The molecular weight excluding hydrogens is 420 g/mol. The minimum absolute atomic E-state index is 0.00362. The molecule has 0 heterocycles. The Morgan fingerprint density at radius 3 is 2.31 bits per heavy atom. The largest absolute Gasteiger partial charge is 0.493 e. The van der Waals surface area contributed by atoms with Crippen LogP contribution in [0.2, 0.25) is 0 Å². The molecule has 142 valence electrons. The van der Waals surface area contributed by atoms with Crippen molar-refractivity contribution in [2.45, 2.75) is 38.2 Å². The SMILES string of the molecule is COc1cc(Br)c(CCOS(=O)(=O)c2ccc(C)cc2)cc1OC(C)C. The van der Waals surface area contributed by atoms with Crippen molar-refractivity contribution in [2.24, 2.45) is 0 Å². The molecule has 0 saturated heterocycles. The molecule has 2 aromatic rings. The highest BCUT2D eigenvalue weighted by atomic mass is 79.9. The Balaban J connectivity index is 2.10. The number of ether oxygens (including phenoxy) is 2. The zero-order valence-corrected chi connectivity index (χ0v) is 17.7. The lowest BCUT2D eigenvalue weighted by Crippen LogP contribution is -2.10. The lowest BCUT2D eigenvalue weighted by Gasteiger charge is -2.16. The Morgan fingerprint density at radius 1 is 1.08 bits per heavy atom. The lowest BCUT2D eigenvalue weighted by molar-refractivity contribution is 0.229. The molecule has 0 saturated carbocycles. The maximum Gasteiger partial charge on any atom is 0.296 e. The molecule has 0 radical (unpaired) electrons. The number of hydrogen-bond acceptors (Lipinski definition) is 5. The van der Waals surface area contributed by atoms with Crippen LogP contribution in [0, 0.1) is 6.92 Å². The van der Waals surface area contributed by atoms with Gasteiger partial charge in [-0.15, -0.1) is 0 Å². The van der Waals surface area contributed by atoms with Crippen molar-refractivity contribution in [3.05, 3.63) is 52.0 Å². The summed E-state index contributed by atoms with van der Waals surface area (Å²) in [6.45, 7) is 5.79. The molecule has 0 aliphatic rings. The summed E-state index contributed by atoms with van der Waals surface area (Å²) in [5, 5.41) is 0. The van der Waals surface area contributed by atoms with Crippen molar-refractivity contribution in [3.63, 3.8) is 0 Å². The van der Waals surface area contributed by atoms with Crippen LogP contribution in [0.25, 0.3) is 0 Å². The Hall–Kier alpha value is -1.57. The second kappa shape index (κ2) is 8.88. The maximum absolute atomic E-state index is 12.3. The molecule has 7 heteroatoms. The van der Waals surface area contributed by atoms with E-state index in [9.17, 15) is 8.42 Å². The molecule has 0 fully saturated rings. The fourth-order valence-electron chi connectivity index (χ4n) is 2.31. The summed E-state index contributed by atoms with van der Waals surface area (Å²) in [5.41, 5.74) is 1.87. The van der Waals surface area contributed by atoms with Gasteiger partial charge in [0.25, 0.3) is 10.1 Å². The van der Waals surface area contributed by atoms with Crippen LogP contribution in [0.5, 0.6) is 11.5 Å². The predicted octanol–water partition coefficient (Wildman–Crippen LogP) is 4.50. The van der Waals surface area contributed by atoms with Gasteiger partial charge in [0.05, 0.1) is 24.7 Å². The number of halogens is 1. The molecule has 0 aliphatic carbocycles. The summed E-state index contributed by atoms with van der Waals surface area (Å²) in [6, 6.07) is 10.2. The van der Waals surface area contributed by atoms with Crippen LogP contribution in [0.15, 0.2) is 45.8 Å². The van der Waals surface area contributed by atoms with Crippen LogP contribution in [0.1, 0.15) is 25.0 Å². The van der Waals surface area contributed by atoms with E-state index in [4.69, 9.17) is 13.7 Å². The van der Waals surface area contributed by atoms with Crippen molar-refractivity contribution in [1.82, 2.24) is 0 Å². The molecule has 0 spiro atoms. The predicted molar refractivity (Wildman–Crippen MR) is 104 cm³/mol. The number of rotatable bonds is 8. The van der Waals surface area contributed by atoms with Gasteiger partial charge in [0.2, 0.25) is 0 Å². The van der Waals surface area contributed by atoms with Gasteiger partial charge in [0.15, 0.2) is 11.5 Å². The Labute approximate surface area is 163 Å². The molecule has 0 aromatic heterocycles. The topological polar surface area (TPSA) is 61.8 Å². The molecule has 0 bridgehead atoms. The minimum Gasteiger partial charge on any atom is -0.493 e. The third-order valence-electron chi connectivity index (χ3n) is 3.61.